The van der Waals surface area contributed by atoms with Crippen LogP contribution in [0.4, 0.5) is 5.69 Å². The second-order valence-electron chi connectivity index (χ2n) is 6.28. The normalized spacial score (nSPS) is 19.0. The highest BCUT2D eigenvalue weighted by Crippen LogP contribution is 2.26. The van der Waals surface area contributed by atoms with Gasteiger partial charge in [0.2, 0.25) is 0 Å². The molecule has 1 aromatic carbocycles. The number of nitro groups is 1. The molecular formula is C18H26N2O6. The van der Waals surface area contributed by atoms with E-state index >= 15 is 0 Å². The van der Waals surface area contributed by atoms with Crippen molar-refractivity contribution in [3.8, 4) is 0 Å². The number of nitrogens with two attached hydrogens (primary N) is 1. The number of non-ortho nitro benzene ring substituents is 1. The minimum Gasteiger partial charge on any atom is -0.481 e. The number of carboxylic acid groups (broad SMARTS) is 1. The van der Waals surface area contributed by atoms with Gasteiger partial charge in [0.25, 0.3) is 5.69 Å². The van der Waals surface area contributed by atoms with Gasteiger partial charge in [-0.05, 0) is 44.1 Å². The van der Waals surface area contributed by atoms with Crippen molar-refractivity contribution < 1.29 is 24.4 Å². The topological polar surface area (TPSA) is 133 Å². The van der Waals surface area contributed by atoms with Gasteiger partial charge in [-0.2, -0.15) is 0 Å². The molecular weight excluding hydrogens is 340 g/mol. The van der Waals surface area contributed by atoms with Crippen LogP contribution in [0.15, 0.2) is 24.3 Å². The Morgan fingerprint density at radius 2 is 1.81 bits per heavy atom. The molecule has 8 nitrogen and oxygen atoms in total. The van der Waals surface area contributed by atoms with Gasteiger partial charge in [0.1, 0.15) is 0 Å². The van der Waals surface area contributed by atoms with Gasteiger partial charge in [-0.15, -0.1) is 0 Å². The SMILES string of the molecule is CCOC(=O)CC1CCC(N)CC1.O=C(O)Cc1ccc([N+](=O)[O-])cc1. The summed E-state index contributed by atoms with van der Waals surface area (Å²) < 4.78 is 4.90. The lowest BCUT2D eigenvalue weighted by Gasteiger charge is -2.25. The summed E-state index contributed by atoms with van der Waals surface area (Å²) in [5, 5.41) is 18.6. The van der Waals surface area contributed by atoms with E-state index in [1.165, 1.54) is 24.3 Å². The fourth-order valence-electron chi connectivity index (χ4n) is 2.76. The predicted molar refractivity (Wildman–Crippen MR) is 95.6 cm³/mol. The Hall–Kier alpha value is -2.48. The summed E-state index contributed by atoms with van der Waals surface area (Å²) in [6, 6.07) is 5.81. The first-order valence-corrected chi connectivity index (χ1v) is 8.68. The number of aliphatic carboxylic acids is 1. The van der Waals surface area contributed by atoms with Gasteiger partial charge in [-0.1, -0.05) is 12.1 Å². The van der Waals surface area contributed by atoms with Crippen molar-refractivity contribution in [2.45, 2.75) is 51.5 Å². The number of nitrogens with zero attached hydrogens (tertiary/aromatic N) is 1. The minimum atomic E-state index is -0.950. The quantitative estimate of drug-likeness (QED) is 0.449. The van der Waals surface area contributed by atoms with Crippen molar-refractivity contribution in [3.05, 3.63) is 39.9 Å². The van der Waals surface area contributed by atoms with Crippen molar-refractivity contribution in [3.63, 3.8) is 0 Å². The van der Waals surface area contributed by atoms with E-state index < -0.39 is 10.9 Å². The summed E-state index contributed by atoms with van der Waals surface area (Å²) in [5.74, 6) is -0.490. The second-order valence-corrected chi connectivity index (χ2v) is 6.28. The molecule has 0 aromatic heterocycles. The molecule has 0 heterocycles. The van der Waals surface area contributed by atoms with Gasteiger partial charge in [-0.3, -0.25) is 19.7 Å². The van der Waals surface area contributed by atoms with E-state index in [0.717, 1.165) is 25.7 Å². The lowest BCUT2D eigenvalue weighted by Crippen LogP contribution is -2.27. The van der Waals surface area contributed by atoms with Crippen molar-refractivity contribution in [2.24, 2.45) is 11.7 Å². The zero-order valence-electron chi connectivity index (χ0n) is 14.9. The molecule has 0 bridgehead atoms. The Morgan fingerprint density at radius 3 is 2.27 bits per heavy atom. The second kappa shape index (κ2) is 11.2. The van der Waals surface area contributed by atoms with Crippen molar-refractivity contribution in [2.75, 3.05) is 6.61 Å². The predicted octanol–water partition coefficient (Wildman–Crippen LogP) is 2.68. The monoisotopic (exact) mass is 366 g/mol. The first-order valence-electron chi connectivity index (χ1n) is 8.68. The van der Waals surface area contributed by atoms with E-state index in [9.17, 15) is 19.7 Å². The maximum atomic E-state index is 11.1. The van der Waals surface area contributed by atoms with Crippen molar-refractivity contribution in [1.82, 2.24) is 0 Å². The molecule has 1 saturated carbocycles. The highest BCUT2D eigenvalue weighted by atomic mass is 16.6. The van der Waals surface area contributed by atoms with E-state index in [1.54, 1.807) is 0 Å². The molecule has 1 aromatic rings. The van der Waals surface area contributed by atoms with Crippen LogP contribution >= 0.6 is 0 Å². The Morgan fingerprint density at radius 1 is 1.23 bits per heavy atom. The molecule has 1 aliphatic rings. The maximum Gasteiger partial charge on any atom is 0.307 e. The summed E-state index contributed by atoms with van der Waals surface area (Å²) in [7, 11) is 0. The number of carbonyl (C=O) groups is 2. The molecule has 1 aliphatic carbocycles. The zero-order chi connectivity index (χ0) is 19.5. The summed E-state index contributed by atoms with van der Waals surface area (Å²) in [5.41, 5.74) is 6.29. The Bertz CT molecular complexity index is 594. The molecule has 0 aliphatic heterocycles. The summed E-state index contributed by atoms with van der Waals surface area (Å²) in [6.07, 6.45) is 4.76. The van der Waals surface area contributed by atoms with Gasteiger partial charge in [0, 0.05) is 24.6 Å². The number of nitro benzene ring substituents is 1. The number of hydrogen-bond donors (Lipinski definition) is 2. The number of ether oxygens (including phenoxy) is 1. The highest BCUT2D eigenvalue weighted by molar-refractivity contribution is 5.70. The molecule has 1 fully saturated rings. The van der Waals surface area contributed by atoms with Crippen LogP contribution in [-0.2, 0) is 20.7 Å². The van der Waals surface area contributed by atoms with Crippen LogP contribution in [0.25, 0.3) is 0 Å². The largest absolute Gasteiger partial charge is 0.481 e. The van der Waals surface area contributed by atoms with E-state index in [0.29, 0.717) is 30.6 Å². The number of esters is 1. The third kappa shape index (κ3) is 8.57. The number of carboxylic acids is 1. The van der Waals surface area contributed by atoms with Gasteiger partial charge < -0.3 is 15.6 Å². The van der Waals surface area contributed by atoms with Crippen LogP contribution in [0.5, 0.6) is 0 Å². The highest BCUT2D eigenvalue weighted by Gasteiger charge is 2.21. The van der Waals surface area contributed by atoms with Crippen LogP contribution in [-0.4, -0.2) is 34.6 Å². The third-order valence-electron chi connectivity index (χ3n) is 4.15. The molecule has 0 unspecified atom stereocenters. The smallest absolute Gasteiger partial charge is 0.307 e. The van der Waals surface area contributed by atoms with Crippen LogP contribution in [0.3, 0.4) is 0 Å². The molecule has 8 heteroatoms. The maximum absolute atomic E-state index is 11.1. The Balaban J connectivity index is 0.000000260. The first kappa shape index (κ1) is 21.6. The van der Waals surface area contributed by atoms with Crippen LogP contribution < -0.4 is 5.73 Å². The fourth-order valence-corrected chi connectivity index (χ4v) is 2.76. The molecule has 0 spiro atoms. The zero-order valence-corrected chi connectivity index (χ0v) is 14.9. The molecule has 3 N–H and O–H groups in total. The average Bonchev–Trinajstić information content (AvgIpc) is 2.58. The summed E-state index contributed by atoms with van der Waals surface area (Å²) in [6.45, 7) is 2.33. The fraction of sp³-hybridized carbons (Fsp3) is 0.556. The van der Waals surface area contributed by atoms with E-state index in [1.807, 2.05) is 6.92 Å². The van der Waals surface area contributed by atoms with Crippen molar-refractivity contribution >= 4 is 17.6 Å². The molecule has 0 amide bonds. The van der Waals surface area contributed by atoms with Crippen LogP contribution in [0.2, 0.25) is 0 Å². The van der Waals surface area contributed by atoms with Crippen LogP contribution in [0.1, 0.15) is 44.6 Å². The minimum absolute atomic E-state index is 0.0332. The number of rotatable bonds is 6. The summed E-state index contributed by atoms with van der Waals surface area (Å²) in [4.78, 5) is 31.1. The van der Waals surface area contributed by atoms with Crippen LogP contribution in [0, 0.1) is 16.0 Å². The van der Waals surface area contributed by atoms with E-state index in [2.05, 4.69) is 0 Å². The lowest BCUT2D eigenvalue weighted by molar-refractivity contribution is -0.384. The Labute approximate surface area is 152 Å². The molecule has 26 heavy (non-hydrogen) atoms. The van der Waals surface area contributed by atoms with Gasteiger partial charge in [0.15, 0.2) is 0 Å². The first-order chi connectivity index (χ1) is 12.3. The molecule has 0 saturated heterocycles. The van der Waals surface area contributed by atoms with Gasteiger partial charge in [0.05, 0.1) is 18.0 Å². The third-order valence-corrected chi connectivity index (χ3v) is 4.15. The van der Waals surface area contributed by atoms with Gasteiger partial charge in [-0.25, -0.2) is 0 Å². The Kier molecular flexibility index (Phi) is 9.29. The summed E-state index contributed by atoms with van der Waals surface area (Å²) >= 11 is 0. The van der Waals surface area contributed by atoms with E-state index in [4.69, 9.17) is 15.6 Å². The molecule has 0 radical (unpaired) electrons. The van der Waals surface area contributed by atoms with Crippen molar-refractivity contribution in [1.29, 1.82) is 0 Å². The average molecular weight is 366 g/mol. The van der Waals surface area contributed by atoms with Gasteiger partial charge >= 0.3 is 11.9 Å². The lowest BCUT2D eigenvalue weighted by atomic mass is 9.84. The van der Waals surface area contributed by atoms with E-state index in [-0.39, 0.29) is 18.1 Å². The number of hydrogen-bond acceptors (Lipinski definition) is 6. The molecule has 0 atom stereocenters. The number of benzene rings is 1. The molecule has 144 valence electrons. The standard InChI is InChI=1S/C10H19NO2.C8H7NO4/c1-2-13-10(12)7-8-3-5-9(11)6-4-8;10-8(11)5-6-1-3-7(4-2-6)9(12)13/h8-9H,2-7,11H2,1H3;1-4H,5H2,(H,10,11). The number of carbonyl (C=O) groups excluding carboxylic acids is 1. The molecule has 2 rings (SSSR count).